The average molecular weight is 248 g/mol. The van der Waals surface area contributed by atoms with Crippen LogP contribution in [0.4, 0.5) is 0 Å². The lowest BCUT2D eigenvalue weighted by molar-refractivity contribution is 0.596. The molecule has 0 amide bonds. The molecule has 0 saturated carbocycles. The zero-order valence-electron chi connectivity index (χ0n) is 9.07. The number of allylic oxidation sites excluding steroid dienone is 5. The predicted octanol–water partition coefficient (Wildman–Crippen LogP) is 3.95. The molecule has 0 spiro atoms. The van der Waals surface area contributed by atoms with Crippen molar-refractivity contribution in [3.8, 4) is 0 Å². The Bertz CT molecular complexity index is 514. The molecule has 0 fully saturated rings. The van der Waals surface area contributed by atoms with Crippen molar-refractivity contribution >= 4 is 24.9 Å². The molecular formula is C13H13OPS. The summed E-state index contributed by atoms with van der Waals surface area (Å²) in [4.78, 5) is 2.25. The zero-order chi connectivity index (χ0) is 11.5. The van der Waals surface area contributed by atoms with Crippen LogP contribution in [0.15, 0.2) is 64.2 Å². The second-order valence-electron chi connectivity index (χ2n) is 3.49. The van der Waals surface area contributed by atoms with Gasteiger partial charge < -0.3 is 4.57 Å². The minimum Gasteiger partial charge on any atom is -0.317 e. The van der Waals surface area contributed by atoms with Gasteiger partial charge in [0.2, 0.25) is 0 Å². The van der Waals surface area contributed by atoms with Crippen molar-refractivity contribution in [3.63, 3.8) is 0 Å². The standard InChI is InChI=1S/C13H13OPS/c1-3-4-7-11-10(2)16-13-9-6-5-8-12(13)15(11)14/h3-9,15H,1H2,2H3/b7-4-. The summed E-state index contributed by atoms with van der Waals surface area (Å²) in [6.07, 6.45) is 5.46. The lowest BCUT2D eigenvalue weighted by Gasteiger charge is -2.17. The van der Waals surface area contributed by atoms with Gasteiger partial charge in [-0.1, -0.05) is 54.8 Å². The van der Waals surface area contributed by atoms with Gasteiger partial charge >= 0.3 is 0 Å². The van der Waals surface area contributed by atoms with Crippen LogP contribution < -0.4 is 5.30 Å². The first-order chi connectivity index (χ1) is 7.74. The fourth-order valence-electron chi connectivity index (χ4n) is 1.63. The van der Waals surface area contributed by atoms with Gasteiger partial charge in [0, 0.05) is 15.5 Å². The van der Waals surface area contributed by atoms with E-state index in [1.165, 1.54) is 0 Å². The second-order valence-corrected chi connectivity index (χ2v) is 6.48. The SMILES string of the molecule is C=C/C=C\C1=C(C)Sc2ccccc2[PH]1=O. The lowest BCUT2D eigenvalue weighted by Crippen LogP contribution is -2.05. The minimum absolute atomic E-state index is 0.952. The van der Waals surface area contributed by atoms with Crippen LogP contribution in [0.5, 0.6) is 0 Å². The van der Waals surface area contributed by atoms with Gasteiger partial charge in [-0.3, -0.25) is 0 Å². The highest BCUT2D eigenvalue weighted by Crippen LogP contribution is 2.47. The van der Waals surface area contributed by atoms with E-state index in [-0.39, 0.29) is 0 Å². The molecule has 1 aromatic carbocycles. The molecule has 0 radical (unpaired) electrons. The van der Waals surface area contributed by atoms with Gasteiger partial charge in [0.25, 0.3) is 0 Å². The van der Waals surface area contributed by atoms with Gasteiger partial charge in [-0.2, -0.15) is 0 Å². The number of benzene rings is 1. The molecule has 0 N–H and O–H groups in total. The summed E-state index contributed by atoms with van der Waals surface area (Å²) in [7, 11) is -1.84. The van der Waals surface area contributed by atoms with E-state index in [0.717, 1.165) is 20.4 Å². The van der Waals surface area contributed by atoms with Gasteiger partial charge in [-0.05, 0) is 17.9 Å². The summed E-state index contributed by atoms with van der Waals surface area (Å²) in [5, 5.41) is 1.93. The quantitative estimate of drug-likeness (QED) is 0.582. The summed E-state index contributed by atoms with van der Waals surface area (Å²) in [5.41, 5.74) is 0. The Balaban J connectivity index is 2.47. The Kier molecular flexibility index (Phi) is 3.52. The maximum Gasteiger partial charge on any atom is 0.133 e. The monoisotopic (exact) mass is 248 g/mol. The third-order valence-electron chi connectivity index (χ3n) is 2.42. The fraction of sp³-hybridized carbons (Fsp3) is 0.0769. The number of hydrogen-bond acceptors (Lipinski definition) is 2. The molecule has 16 heavy (non-hydrogen) atoms. The highest BCUT2D eigenvalue weighted by atomic mass is 32.2. The highest BCUT2D eigenvalue weighted by molar-refractivity contribution is 8.04. The molecule has 1 nitrogen and oxygen atoms in total. The molecule has 1 aromatic rings. The molecule has 3 heteroatoms. The molecule has 1 unspecified atom stereocenters. The van der Waals surface area contributed by atoms with E-state index in [1.54, 1.807) is 17.8 Å². The normalized spacial score (nSPS) is 19.9. The van der Waals surface area contributed by atoms with Crippen molar-refractivity contribution in [2.24, 2.45) is 0 Å². The van der Waals surface area contributed by atoms with Crippen LogP contribution in [0.25, 0.3) is 0 Å². The second kappa shape index (κ2) is 4.90. The maximum absolute atomic E-state index is 12.4. The summed E-state index contributed by atoms with van der Waals surface area (Å²) < 4.78 is 12.4. The Morgan fingerprint density at radius 3 is 2.88 bits per heavy atom. The molecule has 2 rings (SSSR count). The lowest BCUT2D eigenvalue weighted by atomic mass is 10.4. The van der Waals surface area contributed by atoms with Crippen LogP contribution in [-0.4, -0.2) is 0 Å². The van der Waals surface area contributed by atoms with Gasteiger partial charge in [0.15, 0.2) is 0 Å². The zero-order valence-corrected chi connectivity index (χ0v) is 10.9. The molecule has 0 aliphatic carbocycles. The van der Waals surface area contributed by atoms with Gasteiger partial charge in [0.05, 0.1) is 0 Å². The van der Waals surface area contributed by atoms with Crippen LogP contribution in [-0.2, 0) is 4.57 Å². The number of rotatable bonds is 2. The molecule has 1 aliphatic rings. The first kappa shape index (κ1) is 11.5. The van der Waals surface area contributed by atoms with Crippen molar-refractivity contribution in [3.05, 3.63) is 59.3 Å². The van der Waals surface area contributed by atoms with Crippen LogP contribution in [0.2, 0.25) is 0 Å². The molecule has 0 bridgehead atoms. The summed E-state index contributed by atoms with van der Waals surface area (Å²) in [6, 6.07) is 7.91. The minimum atomic E-state index is -1.84. The number of hydrogen-bond donors (Lipinski definition) is 0. The molecule has 1 heterocycles. The van der Waals surface area contributed by atoms with Crippen LogP contribution in [0.1, 0.15) is 6.92 Å². The van der Waals surface area contributed by atoms with E-state index in [2.05, 4.69) is 6.58 Å². The predicted molar refractivity (Wildman–Crippen MR) is 73.0 cm³/mol. The van der Waals surface area contributed by atoms with Crippen molar-refractivity contribution in [2.75, 3.05) is 0 Å². The van der Waals surface area contributed by atoms with E-state index in [9.17, 15) is 4.57 Å². The average Bonchev–Trinajstić information content (AvgIpc) is 2.29. The van der Waals surface area contributed by atoms with Crippen LogP contribution in [0, 0.1) is 0 Å². The van der Waals surface area contributed by atoms with Crippen molar-refractivity contribution in [1.29, 1.82) is 0 Å². The van der Waals surface area contributed by atoms with Crippen LogP contribution in [0.3, 0.4) is 0 Å². The van der Waals surface area contributed by atoms with Gasteiger partial charge in [0.1, 0.15) is 7.80 Å². The summed E-state index contributed by atoms with van der Waals surface area (Å²) >= 11 is 1.69. The molecule has 82 valence electrons. The highest BCUT2D eigenvalue weighted by Gasteiger charge is 2.20. The molecule has 0 saturated heterocycles. The summed E-state index contributed by atoms with van der Waals surface area (Å²) in [5.74, 6) is 0. The van der Waals surface area contributed by atoms with Crippen molar-refractivity contribution in [1.82, 2.24) is 0 Å². The first-order valence-electron chi connectivity index (χ1n) is 5.05. The van der Waals surface area contributed by atoms with E-state index >= 15 is 0 Å². The van der Waals surface area contributed by atoms with E-state index in [1.807, 2.05) is 43.3 Å². The Hall–Kier alpha value is -0.980. The smallest absolute Gasteiger partial charge is 0.133 e. The topological polar surface area (TPSA) is 17.1 Å². The fourth-order valence-corrected chi connectivity index (χ4v) is 4.73. The van der Waals surface area contributed by atoms with Crippen molar-refractivity contribution < 1.29 is 4.57 Å². The molecule has 0 aromatic heterocycles. The molecule has 1 aliphatic heterocycles. The third-order valence-corrected chi connectivity index (χ3v) is 5.84. The van der Waals surface area contributed by atoms with E-state index in [4.69, 9.17) is 0 Å². The number of thioether (sulfide) groups is 1. The Morgan fingerprint density at radius 2 is 2.12 bits per heavy atom. The molecule has 1 atom stereocenters. The van der Waals surface area contributed by atoms with Crippen LogP contribution >= 0.6 is 19.6 Å². The Labute approximate surface area is 101 Å². The molecular weight excluding hydrogens is 235 g/mol. The number of fused-ring (bicyclic) bond motifs is 1. The first-order valence-corrected chi connectivity index (χ1v) is 7.28. The largest absolute Gasteiger partial charge is 0.317 e. The van der Waals surface area contributed by atoms with Gasteiger partial charge in [-0.25, -0.2) is 0 Å². The Morgan fingerprint density at radius 1 is 1.38 bits per heavy atom. The maximum atomic E-state index is 12.4. The summed E-state index contributed by atoms with van der Waals surface area (Å²) in [6.45, 7) is 5.65. The van der Waals surface area contributed by atoms with Gasteiger partial charge in [-0.15, -0.1) is 0 Å². The third kappa shape index (κ3) is 2.09. The van der Waals surface area contributed by atoms with E-state index in [0.29, 0.717) is 0 Å². The van der Waals surface area contributed by atoms with Crippen molar-refractivity contribution in [2.45, 2.75) is 11.8 Å². The van der Waals surface area contributed by atoms with E-state index < -0.39 is 7.80 Å².